The van der Waals surface area contributed by atoms with Crippen molar-refractivity contribution in [2.75, 3.05) is 6.54 Å². The average Bonchev–Trinajstić information content (AvgIpc) is 3.49. The van der Waals surface area contributed by atoms with Crippen LogP contribution in [0.3, 0.4) is 0 Å². The van der Waals surface area contributed by atoms with Gasteiger partial charge < -0.3 is 14.7 Å². The highest BCUT2D eigenvalue weighted by atomic mass is 35.5. The van der Waals surface area contributed by atoms with E-state index in [0.717, 1.165) is 29.5 Å². The zero-order valence-electron chi connectivity index (χ0n) is 16.3. The van der Waals surface area contributed by atoms with Crippen LogP contribution in [0.1, 0.15) is 48.1 Å². The Morgan fingerprint density at radius 1 is 1.17 bits per heavy atom. The van der Waals surface area contributed by atoms with Crippen LogP contribution in [0, 0.1) is 12.8 Å². The molecule has 0 aromatic heterocycles. The molecule has 1 aliphatic carbocycles. The lowest BCUT2D eigenvalue weighted by Gasteiger charge is -2.45. The van der Waals surface area contributed by atoms with E-state index in [1.54, 1.807) is 0 Å². The molecule has 5 nitrogen and oxygen atoms in total. The predicted molar refractivity (Wildman–Crippen MR) is 110 cm³/mol. The molecule has 1 heterocycles. The third-order valence-corrected chi connectivity index (χ3v) is 5.84. The maximum absolute atomic E-state index is 13.2. The first-order valence-electron chi connectivity index (χ1n) is 9.92. The molecule has 0 bridgehead atoms. The number of aliphatic carboxylic acids is 1. The number of amides is 1. The molecule has 2 fully saturated rings. The fourth-order valence-electron chi connectivity index (χ4n) is 3.99. The number of nitrogens with zero attached hydrogens (tertiary/aromatic N) is 1. The van der Waals surface area contributed by atoms with E-state index in [9.17, 15) is 14.7 Å². The minimum absolute atomic E-state index is 0.247. The normalized spacial score (nSPS) is 24.6. The van der Waals surface area contributed by atoms with Crippen molar-refractivity contribution in [3.05, 3.63) is 70.2 Å². The van der Waals surface area contributed by atoms with Crippen molar-refractivity contribution in [3.8, 4) is 0 Å². The van der Waals surface area contributed by atoms with Crippen LogP contribution in [0.15, 0.2) is 48.5 Å². The van der Waals surface area contributed by atoms with Crippen LogP contribution < -0.4 is 0 Å². The van der Waals surface area contributed by atoms with Gasteiger partial charge in [-0.1, -0.05) is 53.6 Å². The van der Waals surface area contributed by atoms with Gasteiger partial charge in [-0.3, -0.25) is 9.59 Å². The quantitative estimate of drug-likeness (QED) is 0.754. The highest BCUT2D eigenvalue weighted by Crippen LogP contribution is 2.45. The molecule has 3 atom stereocenters. The largest absolute Gasteiger partial charge is 0.481 e. The van der Waals surface area contributed by atoms with Crippen molar-refractivity contribution in [2.45, 2.75) is 44.4 Å². The Morgan fingerprint density at radius 2 is 1.90 bits per heavy atom. The number of carbonyl (C=O) groups is 2. The molecule has 0 spiro atoms. The summed E-state index contributed by atoms with van der Waals surface area (Å²) >= 11 is 6.09. The second-order valence-electron chi connectivity index (χ2n) is 7.99. The first kappa shape index (κ1) is 19.9. The molecule has 1 N–H and O–H groups in total. The lowest BCUT2D eigenvalue weighted by Crippen LogP contribution is -2.52. The first-order chi connectivity index (χ1) is 13.9. The van der Waals surface area contributed by atoms with Gasteiger partial charge in [0.2, 0.25) is 0 Å². The minimum Gasteiger partial charge on any atom is -0.481 e. The number of morpholine rings is 1. The van der Waals surface area contributed by atoms with Gasteiger partial charge in [-0.25, -0.2) is 0 Å². The third-order valence-electron chi connectivity index (χ3n) is 5.59. The van der Waals surface area contributed by atoms with Gasteiger partial charge in [0, 0.05) is 11.6 Å². The number of ether oxygens (including phenoxy) is 1. The number of carboxylic acid groups (broad SMARTS) is 1. The van der Waals surface area contributed by atoms with Crippen molar-refractivity contribution in [1.29, 1.82) is 0 Å². The molecule has 1 saturated carbocycles. The average molecular weight is 414 g/mol. The number of carbonyl (C=O) groups excluding carboxylic acids is 1. The van der Waals surface area contributed by atoms with Gasteiger partial charge in [-0.05, 0) is 48.9 Å². The van der Waals surface area contributed by atoms with Crippen molar-refractivity contribution >= 4 is 23.5 Å². The molecule has 1 amide bonds. The molecule has 29 heavy (non-hydrogen) atoms. The fraction of sp³-hybridized carbons (Fsp3) is 0.391. The highest BCUT2D eigenvalue weighted by Gasteiger charge is 2.46. The van der Waals surface area contributed by atoms with E-state index < -0.39 is 18.2 Å². The highest BCUT2D eigenvalue weighted by molar-refractivity contribution is 6.30. The summed E-state index contributed by atoms with van der Waals surface area (Å²) in [4.78, 5) is 26.4. The first-order valence-corrected chi connectivity index (χ1v) is 10.3. The molecular formula is C23H24ClNO4. The van der Waals surface area contributed by atoms with Crippen molar-refractivity contribution < 1.29 is 19.4 Å². The Hall–Kier alpha value is -2.37. The van der Waals surface area contributed by atoms with Crippen LogP contribution in [0.5, 0.6) is 0 Å². The van der Waals surface area contributed by atoms with Gasteiger partial charge in [0.15, 0.2) is 0 Å². The summed E-state index contributed by atoms with van der Waals surface area (Å²) in [6.07, 6.45) is 0.417. The second kappa shape index (κ2) is 8.17. The van der Waals surface area contributed by atoms with Crippen molar-refractivity contribution in [2.24, 2.45) is 5.92 Å². The van der Waals surface area contributed by atoms with E-state index in [4.69, 9.17) is 16.3 Å². The summed E-state index contributed by atoms with van der Waals surface area (Å²) in [5, 5.41) is 9.94. The Morgan fingerprint density at radius 3 is 2.52 bits per heavy atom. The smallest absolute Gasteiger partial charge is 0.306 e. The standard InChI is InChI=1S/C23H24ClNO4/c1-14-3-2-4-17(11-14)22-21(16-7-9-18(24)10-8-16)25(13-15-5-6-15)23(28)19(29-22)12-20(26)27/h2-4,7-11,15,19,21-22H,5-6,12-13H2,1H3,(H,26,27)/t19-,21+,22+/m0/s1. The lowest BCUT2D eigenvalue weighted by atomic mass is 9.90. The summed E-state index contributed by atoms with van der Waals surface area (Å²) in [6.45, 7) is 2.62. The number of hydrogen-bond donors (Lipinski definition) is 1. The summed E-state index contributed by atoms with van der Waals surface area (Å²) in [6, 6.07) is 15.1. The van der Waals surface area contributed by atoms with E-state index >= 15 is 0 Å². The summed E-state index contributed by atoms with van der Waals surface area (Å²) in [5.41, 5.74) is 2.96. The van der Waals surface area contributed by atoms with Gasteiger partial charge in [-0.15, -0.1) is 0 Å². The molecule has 0 radical (unpaired) electrons. The fourth-order valence-corrected chi connectivity index (χ4v) is 4.12. The molecule has 152 valence electrons. The van der Waals surface area contributed by atoms with Crippen molar-refractivity contribution in [3.63, 3.8) is 0 Å². The van der Waals surface area contributed by atoms with Crippen LogP contribution in [0.25, 0.3) is 0 Å². The summed E-state index contributed by atoms with van der Waals surface area (Å²) in [7, 11) is 0. The van der Waals surface area contributed by atoms with Gasteiger partial charge >= 0.3 is 5.97 Å². The number of hydrogen-bond acceptors (Lipinski definition) is 3. The molecule has 2 aliphatic rings. The number of benzene rings is 2. The van der Waals surface area contributed by atoms with E-state index in [0.29, 0.717) is 17.5 Å². The zero-order chi connectivity index (χ0) is 20.5. The van der Waals surface area contributed by atoms with Crippen LogP contribution in [0.2, 0.25) is 5.02 Å². The number of rotatable bonds is 6. The van der Waals surface area contributed by atoms with Crippen LogP contribution in [-0.2, 0) is 14.3 Å². The van der Waals surface area contributed by atoms with Crippen LogP contribution in [0.4, 0.5) is 0 Å². The molecule has 1 saturated heterocycles. The topological polar surface area (TPSA) is 66.8 Å². The van der Waals surface area contributed by atoms with E-state index in [2.05, 4.69) is 0 Å². The summed E-state index contributed by atoms with van der Waals surface area (Å²) < 4.78 is 6.18. The molecule has 1 aliphatic heterocycles. The number of carboxylic acids is 1. The zero-order valence-corrected chi connectivity index (χ0v) is 17.0. The molecule has 6 heteroatoms. The third kappa shape index (κ3) is 4.46. The van der Waals surface area contributed by atoms with Crippen LogP contribution >= 0.6 is 11.6 Å². The van der Waals surface area contributed by atoms with E-state index in [1.807, 2.05) is 60.4 Å². The van der Waals surface area contributed by atoms with E-state index in [1.165, 1.54) is 0 Å². The Labute approximate surface area is 175 Å². The van der Waals surface area contributed by atoms with Gasteiger partial charge in [0.1, 0.15) is 12.2 Å². The van der Waals surface area contributed by atoms with Gasteiger partial charge in [0.25, 0.3) is 5.91 Å². The van der Waals surface area contributed by atoms with Crippen molar-refractivity contribution in [1.82, 2.24) is 4.90 Å². The van der Waals surface area contributed by atoms with Gasteiger partial charge in [0.05, 0.1) is 12.5 Å². The Balaban J connectivity index is 1.78. The molecule has 4 rings (SSSR count). The maximum Gasteiger partial charge on any atom is 0.306 e. The van der Waals surface area contributed by atoms with E-state index in [-0.39, 0.29) is 18.4 Å². The number of aryl methyl sites for hydroxylation is 1. The molecule has 0 unspecified atom stereocenters. The predicted octanol–water partition coefficient (Wildman–Crippen LogP) is 4.54. The second-order valence-corrected chi connectivity index (χ2v) is 8.42. The van der Waals surface area contributed by atoms with Gasteiger partial charge in [-0.2, -0.15) is 0 Å². The minimum atomic E-state index is -1.04. The van der Waals surface area contributed by atoms with Crippen LogP contribution in [-0.4, -0.2) is 34.5 Å². The Kier molecular flexibility index (Phi) is 5.61. The monoisotopic (exact) mass is 413 g/mol. The molecule has 2 aromatic rings. The lowest BCUT2D eigenvalue weighted by molar-refractivity contribution is -0.179. The molecule has 2 aromatic carbocycles. The Bertz CT molecular complexity index is 909. The number of halogens is 1. The molecular weight excluding hydrogens is 390 g/mol. The SMILES string of the molecule is Cc1cccc([C@H]2O[C@@H](CC(=O)O)C(=O)N(CC3CC3)[C@@H]2c2ccc(Cl)cc2)c1. The summed E-state index contributed by atoms with van der Waals surface area (Å²) in [5.74, 6) is -0.818. The maximum atomic E-state index is 13.2.